The lowest BCUT2D eigenvalue weighted by Crippen LogP contribution is -2.13. The third-order valence-electron chi connectivity index (χ3n) is 6.72. The highest BCUT2D eigenvalue weighted by Gasteiger charge is 2.32. The van der Waals surface area contributed by atoms with Crippen molar-refractivity contribution in [3.05, 3.63) is 141 Å². The second kappa shape index (κ2) is 9.41. The van der Waals surface area contributed by atoms with Crippen molar-refractivity contribution in [3.8, 4) is 11.5 Å². The average Bonchev–Trinajstić information content (AvgIpc) is 3.07. The average molecular weight is 503 g/mol. The van der Waals surface area contributed by atoms with Crippen LogP contribution in [-0.2, 0) is 11.4 Å². The Kier molecular flexibility index (Phi) is 5.77. The minimum absolute atomic E-state index is 0.00580. The van der Waals surface area contributed by atoms with Gasteiger partial charge in [-0.15, -0.1) is 0 Å². The molecule has 0 spiro atoms. The molecule has 0 aliphatic heterocycles. The number of carboxylic acids is 1. The normalized spacial score (nSPS) is 14.2. The molecule has 4 aromatic carbocycles. The summed E-state index contributed by atoms with van der Waals surface area (Å²) in [5, 5.41) is 20.4. The Morgan fingerprint density at radius 2 is 1.68 bits per heavy atom. The Morgan fingerprint density at radius 1 is 0.895 bits per heavy atom. The summed E-state index contributed by atoms with van der Waals surface area (Å²) in [5.74, 6) is -0.855. The summed E-state index contributed by atoms with van der Waals surface area (Å²) in [5.41, 5.74) is 3.00. The molecule has 1 atom stereocenters. The van der Waals surface area contributed by atoms with Crippen LogP contribution in [0.5, 0.6) is 11.5 Å². The number of rotatable bonds is 5. The number of aromatic hydroxyl groups is 1. The lowest BCUT2D eigenvalue weighted by Gasteiger charge is -2.21. The quantitative estimate of drug-likeness (QED) is 0.297. The zero-order valence-corrected chi connectivity index (χ0v) is 20.1. The lowest BCUT2D eigenvalue weighted by molar-refractivity contribution is -0.130. The SMILES string of the molecule is O=C(O)C1=Cc2c(oc3cc(O)ccc3c2=O)C(c2cccc(OCc3ccccc3)c2)c2ccccc21. The van der Waals surface area contributed by atoms with E-state index < -0.39 is 11.9 Å². The van der Waals surface area contributed by atoms with Gasteiger partial charge in [0.05, 0.1) is 22.4 Å². The van der Waals surface area contributed by atoms with Crippen molar-refractivity contribution >= 4 is 28.6 Å². The van der Waals surface area contributed by atoms with Gasteiger partial charge in [-0.1, -0.05) is 66.7 Å². The fourth-order valence-corrected chi connectivity index (χ4v) is 4.95. The van der Waals surface area contributed by atoms with Gasteiger partial charge in [0, 0.05) is 6.07 Å². The highest BCUT2D eigenvalue weighted by Crippen LogP contribution is 2.42. The topological polar surface area (TPSA) is 97.0 Å². The Hall–Kier alpha value is -5.10. The van der Waals surface area contributed by atoms with Gasteiger partial charge in [-0.05, 0) is 52.6 Å². The summed E-state index contributed by atoms with van der Waals surface area (Å²) < 4.78 is 12.4. The molecule has 186 valence electrons. The molecule has 5 aromatic rings. The Morgan fingerprint density at radius 3 is 2.50 bits per heavy atom. The minimum atomic E-state index is -1.14. The largest absolute Gasteiger partial charge is 0.508 e. The van der Waals surface area contributed by atoms with Gasteiger partial charge in [0.15, 0.2) is 5.43 Å². The zero-order valence-electron chi connectivity index (χ0n) is 20.1. The van der Waals surface area contributed by atoms with Crippen LogP contribution in [0.25, 0.3) is 22.6 Å². The van der Waals surface area contributed by atoms with Gasteiger partial charge >= 0.3 is 5.97 Å². The van der Waals surface area contributed by atoms with Crippen LogP contribution >= 0.6 is 0 Å². The van der Waals surface area contributed by atoms with Crippen LogP contribution in [0.2, 0.25) is 0 Å². The number of fused-ring (bicyclic) bond motifs is 3. The van der Waals surface area contributed by atoms with E-state index in [1.807, 2.05) is 66.7 Å². The summed E-state index contributed by atoms with van der Waals surface area (Å²) in [6.45, 7) is 0.381. The van der Waals surface area contributed by atoms with Crippen LogP contribution < -0.4 is 10.2 Å². The van der Waals surface area contributed by atoms with E-state index >= 15 is 0 Å². The van der Waals surface area contributed by atoms with Gasteiger partial charge in [0.25, 0.3) is 0 Å². The highest BCUT2D eigenvalue weighted by molar-refractivity contribution is 6.21. The molecular formula is C32H22O6. The molecule has 6 heteroatoms. The summed E-state index contributed by atoms with van der Waals surface area (Å²) in [4.78, 5) is 26.0. The minimum Gasteiger partial charge on any atom is -0.508 e. The first-order valence-electron chi connectivity index (χ1n) is 12.1. The molecule has 0 fully saturated rings. The number of carbonyl (C=O) groups is 1. The van der Waals surface area contributed by atoms with Crippen LogP contribution in [0.1, 0.15) is 39.5 Å². The van der Waals surface area contributed by atoms with E-state index in [0.29, 0.717) is 29.2 Å². The molecular weight excluding hydrogens is 480 g/mol. The summed E-state index contributed by atoms with van der Waals surface area (Å²) in [6.07, 6.45) is 1.39. The number of hydrogen-bond acceptors (Lipinski definition) is 5. The molecule has 6 nitrogen and oxygen atoms in total. The van der Waals surface area contributed by atoms with Crippen molar-refractivity contribution in [1.29, 1.82) is 0 Å². The second-order valence-corrected chi connectivity index (χ2v) is 9.12. The van der Waals surface area contributed by atoms with Gasteiger partial charge in [0.2, 0.25) is 0 Å². The molecule has 1 unspecified atom stereocenters. The standard InChI is InChI=1S/C32H22O6/c33-21-13-14-25-28(16-21)38-31-27(30(25)34)17-26(32(35)36)23-11-4-5-12-24(23)29(31)20-9-6-10-22(15-20)37-18-19-7-2-1-3-8-19/h1-17,29,33H,18H2,(H,35,36). The molecule has 6 rings (SSSR count). The summed E-state index contributed by atoms with van der Waals surface area (Å²) in [6, 6.07) is 28.8. The van der Waals surface area contributed by atoms with Gasteiger partial charge in [-0.2, -0.15) is 0 Å². The van der Waals surface area contributed by atoms with Crippen LogP contribution in [0, 0.1) is 0 Å². The molecule has 0 saturated carbocycles. The molecule has 1 aromatic heterocycles. The van der Waals surface area contributed by atoms with Crippen molar-refractivity contribution in [1.82, 2.24) is 0 Å². The van der Waals surface area contributed by atoms with Gasteiger partial charge in [-0.25, -0.2) is 4.79 Å². The van der Waals surface area contributed by atoms with Crippen molar-refractivity contribution in [2.24, 2.45) is 0 Å². The van der Waals surface area contributed by atoms with Gasteiger partial charge < -0.3 is 19.4 Å². The molecule has 0 saturated heterocycles. The number of benzene rings is 4. The molecule has 1 heterocycles. The molecule has 2 N–H and O–H groups in total. The van der Waals surface area contributed by atoms with Gasteiger partial charge in [-0.3, -0.25) is 4.79 Å². The summed E-state index contributed by atoms with van der Waals surface area (Å²) >= 11 is 0. The van der Waals surface area contributed by atoms with E-state index in [0.717, 1.165) is 11.1 Å². The predicted octanol–water partition coefficient (Wildman–Crippen LogP) is 6.20. The predicted molar refractivity (Wildman–Crippen MR) is 144 cm³/mol. The number of ether oxygens (including phenoxy) is 1. The maximum atomic E-state index is 13.7. The van der Waals surface area contributed by atoms with Crippen LogP contribution in [0.3, 0.4) is 0 Å². The van der Waals surface area contributed by atoms with Crippen molar-refractivity contribution in [2.45, 2.75) is 12.5 Å². The third-order valence-corrected chi connectivity index (χ3v) is 6.72. The van der Waals surface area contributed by atoms with E-state index in [-0.39, 0.29) is 33.3 Å². The first-order valence-corrected chi connectivity index (χ1v) is 12.1. The number of phenolic OH excluding ortho intramolecular Hbond substituents is 1. The smallest absolute Gasteiger partial charge is 0.336 e. The molecule has 0 bridgehead atoms. The first-order chi connectivity index (χ1) is 18.5. The van der Waals surface area contributed by atoms with Crippen molar-refractivity contribution < 1.29 is 24.2 Å². The van der Waals surface area contributed by atoms with E-state index in [1.54, 1.807) is 12.1 Å². The number of aliphatic carboxylic acids is 1. The fourth-order valence-electron chi connectivity index (χ4n) is 4.95. The van der Waals surface area contributed by atoms with Crippen LogP contribution in [0.15, 0.2) is 106 Å². The molecule has 1 aliphatic rings. The molecule has 38 heavy (non-hydrogen) atoms. The van der Waals surface area contributed by atoms with Crippen LogP contribution in [0.4, 0.5) is 0 Å². The van der Waals surface area contributed by atoms with Crippen molar-refractivity contribution in [2.75, 3.05) is 0 Å². The van der Waals surface area contributed by atoms with Crippen LogP contribution in [-0.4, -0.2) is 16.2 Å². The van der Waals surface area contributed by atoms with E-state index in [4.69, 9.17) is 9.15 Å². The molecule has 0 radical (unpaired) electrons. The highest BCUT2D eigenvalue weighted by atomic mass is 16.5. The number of carboxylic acid groups (broad SMARTS) is 1. The first kappa shape index (κ1) is 23.3. The van der Waals surface area contributed by atoms with E-state index in [9.17, 15) is 19.8 Å². The Balaban J connectivity index is 1.57. The second-order valence-electron chi connectivity index (χ2n) is 9.12. The van der Waals surface area contributed by atoms with Gasteiger partial charge in [0.1, 0.15) is 29.4 Å². The zero-order chi connectivity index (χ0) is 26.2. The molecule has 0 amide bonds. The third kappa shape index (κ3) is 4.12. The van der Waals surface area contributed by atoms with E-state index in [1.165, 1.54) is 24.3 Å². The monoisotopic (exact) mass is 502 g/mol. The fraction of sp³-hybridized carbons (Fsp3) is 0.0625. The lowest BCUT2D eigenvalue weighted by atomic mass is 9.85. The van der Waals surface area contributed by atoms with E-state index in [2.05, 4.69) is 0 Å². The summed E-state index contributed by atoms with van der Waals surface area (Å²) in [7, 11) is 0. The maximum Gasteiger partial charge on any atom is 0.336 e. The Bertz CT molecular complexity index is 1780. The maximum absolute atomic E-state index is 13.7. The Labute approximate surface area is 217 Å². The number of phenols is 1. The number of hydrogen-bond donors (Lipinski definition) is 2. The molecule has 1 aliphatic carbocycles. The van der Waals surface area contributed by atoms with Crippen molar-refractivity contribution in [3.63, 3.8) is 0 Å².